The van der Waals surface area contributed by atoms with Crippen molar-refractivity contribution in [3.8, 4) is 5.75 Å². The molecule has 1 aliphatic rings. The number of ketones is 1. The average molecular weight is 569 g/mol. The summed E-state index contributed by atoms with van der Waals surface area (Å²) < 4.78 is 6.77. The Balaban J connectivity index is 1.52. The Morgan fingerprint density at radius 1 is 0.974 bits per heavy atom. The van der Waals surface area contributed by atoms with Crippen LogP contribution in [-0.2, 0) is 22.7 Å². The number of aliphatic hydroxyl groups excluding tert-OH is 1. The van der Waals surface area contributed by atoms with Gasteiger partial charge in [0.05, 0.1) is 11.6 Å². The quantitative estimate of drug-likeness (QED) is 0.159. The van der Waals surface area contributed by atoms with Crippen LogP contribution >= 0.6 is 15.9 Å². The normalized spacial score (nSPS) is 16.6. The molecule has 4 aromatic rings. The van der Waals surface area contributed by atoms with Crippen LogP contribution in [0.15, 0.2) is 107 Å². The van der Waals surface area contributed by atoms with Gasteiger partial charge in [-0.3, -0.25) is 14.6 Å². The molecular weight excluding hydrogens is 544 g/mol. The lowest BCUT2D eigenvalue weighted by molar-refractivity contribution is -0.140. The van der Waals surface area contributed by atoms with E-state index in [1.807, 2.05) is 67.6 Å². The second-order valence-corrected chi connectivity index (χ2v) is 10.0. The third-order valence-electron chi connectivity index (χ3n) is 6.47. The number of hydrogen-bond donors (Lipinski definition) is 1. The minimum Gasteiger partial charge on any atom is -0.507 e. The van der Waals surface area contributed by atoms with Gasteiger partial charge in [-0.2, -0.15) is 0 Å². The molecule has 38 heavy (non-hydrogen) atoms. The lowest BCUT2D eigenvalue weighted by atomic mass is 9.94. The summed E-state index contributed by atoms with van der Waals surface area (Å²) in [6, 6.07) is 25.4. The van der Waals surface area contributed by atoms with Crippen LogP contribution in [0.25, 0.3) is 5.76 Å². The fourth-order valence-corrected chi connectivity index (χ4v) is 5.02. The van der Waals surface area contributed by atoms with Gasteiger partial charge in [-0.1, -0.05) is 64.5 Å². The van der Waals surface area contributed by atoms with Crippen LogP contribution in [0.5, 0.6) is 5.75 Å². The predicted molar refractivity (Wildman–Crippen MR) is 148 cm³/mol. The summed E-state index contributed by atoms with van der Waals surface area (Å²) in [4.78, 5) is 32.2. The van der Waals surface area contributed by atoms with Gasteiger partial charge in [0.1, 0.15) is 18.1 Å². The maximum absolute atomic E-state index is 13.3. The standard InChI is InChI=1S/C31H25BrN2O4/c1-20-15-24(12-13-26(20)38-19-21-7-3-2-4-8-21)29(35)27-28(23-10-5-11-25(32)16-23)34(31(37)30(27)36)18-22-9-6-14-33-17-22/h2-17,28,35H,18-19H2,1H3/b29-27-. The molecule has 1 N–H and O–H groups in total. The number of aliphatic hydroxyl groups is 1. The van der Waals surface area contributed by atoms with Crippen molar-refractivity contribution in [3.05, 3.63) is 135 Å². The number of aromatic nitrogens is 1. The molecule has 6 nitrogen and oxygen atoms in total. The van der Waals surface area contributed by atoms with Crippen molar-refractivity contribution >= 4 is 33.4 Å². The predicted octanol–water partition coefficient (Wildman–Crippen LogP) is 6.35. The third kappa shape index (κ3) is 5.24. The number of ether oxygens (including phenoxy) is 1. The number of rotatable bonds is 7. The first-order chi connectivity index (χ1) is 18.4. The third-order valence-corrected chi connectivity index (χ3v) is 6.96. The number of Topliss-reactive ketones (excluding diaryl/α,β-unsaturated/α-hetero) is 1. The van der Waals surface area contributed by atoms with Gasteiger partial charge in [0.15, 0.2) is 0 Å². The molecule has 5 rings (SSSR count). The Morgan fingerprint density at radius 2 is 1.76 bits per heavy atom. The SMILES string of the molecule is Cc1cc(/C(O)=C2/C(=O)C(=O)N(Cc3cccnc3)C2c2cccc(Br)c2)ccc1OCc1ccccc1. The van der Waals surface area contributed by atoms with E-state index < -0.39 is 17.7 Å². The molecule has 0 bridgehead atoms. The van der Waals surface area contributed by atoms with E-state index in [2.05, 4.69) is 20.9 Å². The molecular formula is C31H25BrN2O4. The highest BCUT2D eigenvalue weighted by molar-refractivity contribution is 9.10. The van der Waals surface area contributed by atoms with Gasteiger partial charge < -0.3 is 14.7 Å². The number of likely N-dealkylation sites (tertiary alicyclic amines) is 1. The molecule has 190 valence electrons. The summed E-state index contributed by atoms with van der Waals surface area (Å²) in [5.74, 6) is -0.941. The Labute approximate surface area is 229 Å². The number of carbonyl (C=O) groups is 2. The molecule has 1 unspecified atom stereocenters. The zero-order valence-electron chi connectivity index (χ0n) is 20.7. The van der Waals surface area contributed by atoms with Gasteiger partial charge in [-0.15, -0.1) is 0 Å². The zero-order valence-corrected chi connectivity index (χ0v) is 22.3. The first kappa shape index (κ1) is 25.4. The monoisotopic (exact) mass is 568 g/mol. The molecule has 1 amide bonds. The Kier molecular flexibility index (Phi) is 7.38. The van der Waals surface area contributed by atoms with E-state index in [4.69, 9.17) is 4.74 Å². The van der Waals surface area contributed by atoms with Gasteiger partial charge in [0.25, 0.3) is 11.7 Å². The molecule has 1 saturated heterocycles. The highest BCUT2D eigenvalue weighted by Gasteiger charge is 2.46. The lowest BCUT2D eigenvalue weighted by Crippen LogP contribution is -2.29. The van der Waals surface area contributed by atoms with Gasteiger partial charge in [0, 0.05) is 29.0 Å². The van der Waals surface area contributed by atoms with E-state index in [1.165, 1.54) is 4.90 Å². The number of hydrogen-bond acceptors (Lipinski definition) is 5. The van der Waals surface area contributed by atoms with Crippen molar-refractivity contribution in [2.75, 3.05) is 0 Å². The van der Waals surface area contributed by atoms with E-state index >= 15 is 0 Å². The Bertz CT molecular complexity index is 1520. The largest absolute Gasteiger partial charge is 0.507 e. The van der Waals surface area contributed by atoms with Crippen LogP contribution < -0.4 is 4.74 Å². The number of nitrogens with zero attached hydrogens (tertiary/aromatic N) is 2. The molecule has 1 fully saturated rings. The van der Waals surface area contributed by atoms with E-state index in [9.17, 15) is 14.7 Å². The number of benzene rings is 3. The van der Waals surface area contributed by atoms with Crippen molar-refractivity contribution in [3.63, 3.8) is 0 Å². The molecule has 0 saturated carbocycles. The second kappa shape index (κ2) is 11.0. The fourth-order valence-electron chi connectivity index (χ4n) is 4.60. The van der Waals surface area contributed by atoms with Gasteiger partial charge >= 0.3 is 0 Å². The molecule has 1 atom stereocenters. The van der Waals surface area contributed by atoms with E-state index in [0.717, 1.165) is 21.2 Å². The maximum Gasteiger partial charge on any atom is 0.295 e. The van der Waals surface area contributed by atoms with E-state index in [-0.39, 0.29) is 17.9 Å². The topological polar surface area (TPSA) is 79.7 Å². The number of pyridine rings is 1. The summed E-state index contributed by atoms with van der Waals surface area (Å²) >= 11 is 3.49. The van der Waals surface area contributed by atoms with Crippen LogP contribution in [0.1, 0.15) is 33.9 Å². The minimum absolute atomic E-state index is 0.0503. The van der Waals surface area contributed by atoms with Crippen molar-refractivity contribution in [1.29, 1.82) is 0 Å². The Morgan fingerprint density at radius 3 is 2.47 bits per heavy atom. The van der Waals surface area contributed by atoms with Crippen LogP contribution in [-0.4, -0.2) is 26.7 Å². The second-order valence-electron chi connectivity index (χ2n) is 9.10. The van der Waals surface area contributed by atoms with E-state index in [0.29, 0.717) is 23.5 Å². The molecule has 1 aromatic heterocycles. The summed E-state index contributed by atoms with van der Waals surface area (Å²) in [5.41, 5.74) is 3.83. The maximum atomic E-state index is 13.3. The molecule has 0 spiro atoms. The number of halogens is 1. The number of aryl methyl sites for hydroxylation is 1. The molecule has 1 aliphatic heterocycles. The van der Waals surface area contributed by atoms with Crippen molar-refractivity contribution < 1.29 is 19.4 Å². The summed E-state index contributed by atoms with van der Waals surface area (Å²) in [5, 5.41) is 11.4. The van der Waals surface area contributed by atoms with E-state index in [1.54, 1.807) is 36.7 Å². The molecule has 7 heteroatoms. The first-order valence-electron chi connectivity index (χ1n) is 12.1. The van der Waals surface area contributed by atoms with Crippen molar-refractivity contribution in [1.82, 2.24) is 9.88 Å². The Hall–Kier alpha value is -4.23. The van der Waals surface area contributed by atoms with Crippen LogP contribution in [0.3, 0.4) is 0 Å². The fraction of sp³-hybridized carbons (Fsp3) is 0.129. The average Bonchev–Trinajstić information content (AvgIpc) is 3.18. The van der Waals surface area contributed by atoms with Crippen LogP contribution in [0, 0.1) is 6.92 Å². The summed E-state index contributed by atoms with van der Waals surface area (Å²) in [6.45, 7) is 2.47. The summed E-state index contributed by atoms with van der Waals surface area (Å²) in [7, 11) is 0. The number of amides is 1. The van der Waals surface area contributed by atoms with Crippen molar-refractivity contribution in [2.45, 2.75) is 26.1 Å². The van der Waals surface area contributed by atoms with Crippen molar-refractivity contribution in [2.24, 2.45) is 0 Å². The lowest BCUT2D eigenvalue weighted by Gasteiger charge is -2.25. The highest BCUT2D eigenvalue weighted by Crippen LogP contribution is 2.41. The summed E-state index contributed by atoms with van der Waals surface area (Å²) in [6.07, 6.45) is 3.31. The molecule has 0 aliphatic carbocycles. The van der Waals surface area contributed by atoms with Crippen LogP contribution in [0.4, 0.5) is 0 Å². The zero-order chi connectivity index (χ0) is 26.6. The van der Waals surface area contributed by atoms with Gasteiger partial charge in [-0.25, -0.2) is 0 Å². The van der Waals surface area contributed by atoms with Gasteiger partial charge in [0.2, 0.25) is 0 Å². The first-order valence-corrected chi connectivity index (χ1v) is 12.9. The molecule has 2 heterocycles. The highest BCUT2D eigenvalue weighted by atomic mass is 79.9. The number of carbonyl (C=O) groups excluding carboxylic acids is 2. The molecule has 3 aromatic carbocycles. The van der Waals surface area contributed by atoms with Gasteiger partial charge in [-0.05, 0) is 65.6 Å². The minimum atomic E-state index is -0.762. The molecule has 0 radical (unpaired) electrons. The smallest absolute Gasteiger partial charge is 0.295 e. The van der Waals surface area contributed by atoms with Crippen LogP contribution in [0.2, 0.25) is 0 Å².